The number of carbonyl (C=O) groups excluding carboxylic acids is 1. The highest BCUT2D eigenvalue weighted by atomic mass is 19.3. The summed E-state index contributed by atoms with van der Waals surface area (Å²) in [6, 6.07) is 3.76. The van der Waals surface area contributed by atoms with E-state index in [-0.39, 0.29) is 17.9 Å². The second kappa shape index (κ2) is 6.51. The maximum absolute atomic E-state index is 13.7. The minimum Gasteiger partial charge on any atom is -0.493 e. The summed E-state index contributed by atoms with van der Waals surface area (Å²) < 4.78 is 41.6. The first-order valence-corrected chi connectivity index (χ1v) is 5.83. The van der Waals surface area contributed by atoms with Crippen molar-refractivity contribution < 1.29 is 32.9 Å². The summed E-state index contributed by atoms with van der Waals surface area (Å²) in [4.78, 5) is 11.2. The molecule has 0 aliphatic rings. The van der Waals surface area contributed by atoms with Gasteiger partial charge >= 0.3 is 11.9 Å². The van der Waals surface area contributed by atoms with Crippen LogP contribution in [0.2, 0.25) is 0 Å². The van der Waals surface area contributed by atoms with Crippen molar-refractivity contribution in [3.63, 3.8) is 0 Å². The molecule has 0 aliphatic heterocycles. The quantitative estimate of drug-likeness (QED) is 0.811. The lowest BCUT2D eigenvalue weighted by molar-refractivity contribution is -0.189. The van der Waals surface area contributed by atoms with Crippen LogP contribution in [-0.2, 0) is 9.53 Å². The Kier molecular flexibility index (Phi) is 5.26. The smallest absolute Gasteiger partial charge is 0.380 e. The van der Waals surface area contributed by atoms with Crippen molar-refractivity contribution in [2.24, 2.45) is 0 Å². The van der Waals surface area contributed by atoms with Gasteiger partial charge in [-0.25, -0.2) is 4.79 Å². The molecular formula is C13H16F2O5. The molecule has 0 saturated carbocycles. The molecule has 0 aromatic heterocycles. The molecule has 0 heterocycles. The SMILES string of the molecule is CCOC(=O)C(F)(F)C(O)c1ccc(OC)c(OC)c1. The van der Waals surface area contributed by atoms with Crippen molar-refractivity contribution in [2.45, 2.75) is 19.0 Å². The van der Waals surface area contributed by atoms with Gasteiger partial charge < -0.3 is 19.3 Å². The zero-order valence-corrected chi connectivity index (χ0v) is 11.4. The van der Waals surface area contributed by atoms with Crippen LogP contribution in [0.4, 0.5) is 8.78 Å². The van der Waals surface area contributed by atoms with Gasteiger partial charge in [-0.3, -0.25) is 0 Å². The van der Waals surface area contributed by atoms with E-state index in [1.165, 1.54) is 39.3 Å². The van der Waals surface area contributed by atoms with Gasteiger partial charge in [0.25, 0.3) is 0 Å². The Balaban J connectivity index is 3.08. The van der Waals surface area contributed by atoms with Crippen molar-refractivity contribution in [3.05, 3.63) is 23.8 Å². The Labute approximate surface area is 115 Å². The fourth-order valence-electron chi connectivity index (χ4n) is 1.57. The molecule has 0 fully saturated rings. The molecule has 20 heavy (non-hydrogen) atoms. The number of alkyl halides is 2. The normalized spacial score (nSPS) is 12.7. The van der Waals surface area contributed by atoms with Gasteiger partial charge in [-0.1, -0.05) is 6.07 Å². The van der Waals surface area contributed by atoms with Crippen LogP contribution < -0.4 is 9.47 Å². The van der Waals surface area contributed by atoms with Crippen LogP contribution in [0.25, 0.3) is 0 Å². The van der Waals surface area contributed by atoms with E-state index < -0.39 is 18.0 Å². The first-order valence-electron chi connectivity index (χ1n) is 5.83. The summed E-state index contributed by atoms with van der Waals surface area (Å²) >= 11 is 0. The van der Waals surface area contributed by atoms with E-state index in [1.807, 2.05) is 0 Å². The number of esters is 1. The summed E-state index contributed by atoms with van der Waals surface area (Å²) in [5.74, 6) is -5.33. The Morgan fingerprint density at radius 3 is 2.40 bits per heavy atom. The fraction of sp³-hybridized carbons (Fsp3) is 0.462. The predicted octanol–water partition coefficient (Wildman–Crippen LogP) is 1.94. The molecular weight excluding hydrogens is 274 g/mol. The molecule has 1 aromatic carbocycles. The van der Waals surface area contributed by atoms with Gasteiger partial charge in [-0.15, -0.1) is 0 Å². The summed E-state index contributed by atoms with van der Waals surface area (Å²) in [5, 5.41) is 9.68. The van der Waals surface area contributed by atoms with E-state index in [9.17, 15) is 18.7 Å². The van der Waals surface area contributed by atoms with Gasteiger partial charge in [0.2, 0.25) is 0 Å². The average Bonchev–Trinajstić information content (AvgIpc) is 2.45. The molecule has 7 heteroatoms. The van der Waals surface area contributed by atoms with Crippen LogP contribution in [0, 0.1) is 0 Å². The summed E-state index contributed by atoms with van der Waals surface area (Å²) in [6.45, 7) is 1.20. The molecule has 0 saturated heterocycles. The standard InChI is InChI=1S/C13H16F2O5/c1-4-20-12(17)13(14,15)11(16)8-5-6-9(18-2)10(7-8)19-3/h5-7,11,16H,4H2,1-3H3. The number of ether oxygens (including phenoxy) is 3. The van der Waals surface area contributed by atoms with Crippen molar-refractivity contribution in [1.82, 2.24) is 0 Å². The Morgan fingerprint density at radius 2 is 1.90 bits per heavy atom. The third-order valence-electron chi connectivity index (χ3n) is 2.61. The fourth-order valence-corrected chi connectivity index (χ4v) is 1.57. The van der Waals surface area contributed by atoms with E-state index in [2.05, 4.69) is 4.74 Å². The third kappa shape index (κ3) is 3.16. The second-order valence-corrected chi connectivity index (χ2v) is 3.86. The summed E-state index contributed by atoms with van der Waals surface area (Å²) in [5.41, 5.74) is -0.180. The molecule has 0 bridgehead atoms. The maximum atomic E-state index is 13.7. The number of benzene rings is 1. The molecule has 1 unspecified atom stereocenters. The van der Waals surface area contributed by atoms with Crippen molar-refractivity contribution >= 4 is 5.97 Å². The van der Waals surface area contributed by atoms with E-state index in [0.717, 1.165) is 0 Å². The number of hydrogen-bond donors (Lipinski definition) is 1. The third-order valence-corrected chi connectivity index (χ3v) is 2.61. The van der Waals surface area contributed by atoms with E-state index >= 15 is 0 Å². The van der Waals surface area contributed by atoms with Gasteiger partial charge in [0.1, 0.15) is 0 Å². The number of carbonyl (C=O) groups is 1. The Hall–Kier alpha value is -1.89. The highest BCUT2D eigenvalue weighted by molar-refractivity contribution is 5.78. The predicted molar refractivity (Wildman–Crippen MR) is 66.1 cm³/mol. The van der Waals surface area contributed by atoms with Gasteiger partial charge in [0.05, 0.1) is 20.8 Å². The highest BCUT2D eigenvalue weighted by Crippen LogP contribution is 2.36. The molecule has 1 atom stereocenters. The molecule has 1 aromatic rings. The van der Waals surface area contributed by atoms with Crippen LogP contribution in [0.5, 0.6) is 11.5 Å². The molecule has 0 amide bonds. The summed E-state index contributed by atoms with van der Waals surface area (Å²) in [6.07, 6.45) is -2.33. The van der Waals surface area contributed by atoms with Gasteiger partial charge in [0.15, 0.2) is 17.6 Å². The molecule has 0 aliphatic carbocycles. The van der Waals surface area contributed by atoms with Crippen LogP contribution in [0.3, 0.4) is 0 Å². The minimum absolute atomic E-state index is 0.170. The van der Waals surface area contributed by atoms with Crippen LogP contribution in [-0.4, -0.2) is 37.8 Å². The number of halogens is 2. The van der Waals surface area contributed by atoms with E-state index in [4.69, 9.17) is 9.47 Å². The largest absolute Gasteiger partial charge is 0.493 e. The molecule has 1 N–H and O–H groups in total. The van der Waals surface area contributed by atoms with Gasteiger partial charge in [-0.05, 0) is 24.6 Å². The van der Waals surface area contributed by atoms with Gasteiger partial charge in [-0.2, -0.15) is 8.78 Å². The highest BCUT2D eigenvalue weighted by Gasteiger charge is 2.49. The van der Waals surface area contributed by atoms with Crippen LogP contribution >= 0.6 is 0 Å². The minimum atomic E-state index is -4.05. The van der Waals surface area contributed by atoms with Crippen LogP contribution in [0.1, 0.15) is 18.6 Å². The zero-order valence-electron chi connectivity index (χ0n) is 11.4. The Bertz CT molecular complexity index is 476. The van der Waals surface area contributed by atoms with Crippen LogP contribution in [0.15, 0.2) is 18.2 Å². The van der Waals surface area contributed by atoms with Gasteiger partial charge in [0, 0.05) is 0 Å². The zero-order chi connectivity index (χ0) is 15.3. The van der Waals surface area contributed by atoms with E-state index in [1.54, 1.807) is 0 Å². The summed E-state index contributed by atoms with van der Waals surface area (Å²) in [7, 11) is 2.72. The Morgan fingerprint density at radius 1 is 1.30 bits per heavy atom. The molecule has 0 spiro atoms. The average molecular weight is 290 g/mol. The van der Waals surface area contributed by atoms with Crippen molar-refractivity contribution in [3.8, 4) is 11.5 Å². The molecule has 5 nitrogen and oxygen atoms in total. The maximum Gasteiger partial charge on any atom is 0.380 e. The number of rotatable bonds is 6. The number of aliphatic hydroxyl groups excluding tert-OH is 1. The lowest BCUT2D eigenvalue weighted by Crippen LogP contribution is -2.37. The lowest BCUT2D eigenvalue weighted by atomic mass is 10.0. The second-order valence-electron chi connectivity index (χ2n) is 3.86. The topological polar surface area (TPSA) is 65.0 Å². The molecule has 0 radical (unpaired) electrons. The molecule has 1 rings (SSSR count). The lowest BCUT2D eigenvalue weighted by Gasteiger charge is -2.21. The van der Waals surface area contributed by atoms with Crippen molar-refractivity contribution in [1.29, 1.82) is 0 Å². The van der Waals surface area contributed by atoms with E-state index in [0.29, 0.717) is 5.75 Å². The first kappa shape index (κ1) is 16.2. The van der Waals surface area contributed by atoms with Crippen molar-refractivity contribution in [2.75, 3.05) is 20.8 Å². The molecule has 112 valence electrons. The number of hydrogen-bond acceptors (Lipinski definition) is 5. The number of aliphatic hydroxyl groups is 1. The number of methoxy groups -OCH3 is 2. The monoisotopic (exact) mass is 290 g/mol. The first-order chi connectivity index (χ1) is 9.38.